The van der Waals surface area contributed by atoms with Crippen LogP contribution < -0.4 is 15.8 Å². The number of rotatable bonds is 6. The molecule has 3 N–H and O–H groups in total. The lowest BCUT2D eigenvalue weighted by Crippen LogP contribution is -2.27. The van der Waals surface area contributed by atoms with Crippen LogP contribution in [0.25, 0.3) is 0 Å². The number of halogens is 1. The molecular weight excluding hydrogens is 352 g/mol. The molecule has 1 amide bonds. The number of hydrogen-bond donors (Lipinski definition) is 2. The summed E-state index contributed by atoms with van der Waals surface area (Å²) in [6.07, 6.45) is 2.33. The van der Waals surface area contributed by atoms with E-state index in [0.29, 0.717) is 12.3 Å². The molecule has 0 spiro atoms. The highest BCUT2D eigenvalue weighted by Crippen LogP contribution is 2.20. The molecule has 1 aliphatic heterocycles. The number of amides is 1. The molecule has 26 heavy (non-hydrogen) atoms. The molecule has 0 saturated carbocycles. The molecule has 0 aliphatic carbocycles. The number of benzene rings is 2. The maximum absolute atomic E-state index is 12.3. The highest BCUT2D eigenvalue weighted by molar-refractivity contribution is 5.95. The summed E-state index contributed by atoms with van der Waals surface area (Å²) in [5.74, 6) is 0.521. The highest BCUT2D eigenvalue weighted by Gasteiger charge is 2.17. The Balaban J connectivity index is 0.00000243. The Hall–Kier alpha value is -2.08. The smallest absolute Gasteiger partial charge is 0.245 e. The molecule has 140 valence electrons. The predicted octanol–water partition coefficient (Wildman–Crippen LogP) is 3.61. The molecule has 6 heteroatoms. The van der Waals surface area contributed by atoms with Crippen LogP contribution in [-0.2, 0) is 9.53 Å². The van der Waals surface area contributed by atoms with E-state index in [1.54, 1.807) is 0 Å². The second-order valence-corrected chi connectivity index (χ2v) is 6.35. The van der Waals surface area contributed by atoms with Gasteiger partial charge in [0.1, 0.15) is 18.4 Å². The average molecular weight is 377 g/mol. The van der Waals surface area contributed by atoms with Gasteiger partial charge in [0.05, 0.1) is 6.10 Å². The minimum Gasteiger partial charge on any atom is -0.491 e. The first kappa shape index (κ1) is 20.2. The summed E-state index contributed by atoms with van der Waals surface area (Å²) in [5, 5.41) is 2.84. The molecule has 0 bridgehead atoms. The van der Waals surface area contributed by atoms with Crippen molar-refractivity contribution in [1.29, 1.82) is 0 Å². The van der Waals surface area contributed by atoms with Crippen molar-refractivity contribution in [2.75, 3.05) is 18.5 Å². The zero-order chi connectivity index (χ0) is 17.6. The second-order valence-electron chi connectivity index (χ2n) is 6.35. The van der Waals surface area contributed by atoms with E-state index in [2.05, 4.69) is 5.32 Å². The first-order valence-electron chi connectivity index (χ1n) is 8.59. The maximum Gasteiger partial charge on any atom is 0.245 e. The van der Waals surface area contributed by atoms with Gasteiger partial charge >= 0.3 is 0 Å². The fraction of sp³-hybridized carbons (Fsp3) is 0.350. The Bertz CT molecular complexity index is 698. The fourth-order valence-corrected chi connectivity index (χ4v) is 2.74. The number of nitrogens with two attached hydrogens (primary N) is 1. The summed E-state index contributed by atoms with van der Waals surface area (Å²) >= 11 is 0. The third kappa shape index (κ3) is 5.46. The SMILES string of the molecule is Cc1ccc(C(N)C(=O)Nc2ccc(OCC3CCCO3)cc2)cc1.Cl. The Morgan fingerprint density at radius 1 is 1.23 bits per heavy atom. The fourth-order valence-electron chi connectivity index (χ4n) is 2.74. The monoisotopic (exact) mass is 376 g/mol. The van der Waals surface area contributed by atoms with E-state index in [-0.39, 0.29) is 24.4 Å². The Morgan fingerprint density at radius 3 is 2.54 bits per heavy atom. The molecule has 1 aliphatic rings. The van der Waals surface area contributed by atoms with Gasteiger partial charge < -0.3 is 20.5 Å². The van der Waals surface area contributed by atoms with Crippen LogP contribution in [-0.4, -0.2) is 25.2 Å². The lowest BCUT2D eigenvalue weighted by atomic mass is 10.1. The molecule has 1 heterocycles. The van der Waals surface area contributed by atoms with E-state index in [9.17, 15) is 4.79 Å². The molecule has 0 aromatic heterocycles. The van der Waals surface area contributed by atoms with Gasteiger partial charge in [-0.1, -0.05) is 29.8 Å². The summed E-state index contributed by atoms with van der Waals surface area (Å²) in [5.41, 5.74) is 8.65. The number of anilines is 1. The summed E-state index contributed by atoms with van der Waals surface area (Å²) in [6.45, 7) is 3.38. The number of nitrogens with one attached hydrogen (secondary N) is 1. The van der Waals surface area contributed by atoms with E-state index in [0.717, 1.165) is 36.3 Å². The van der Waals surface area contributed by atoms with E-state index < -0.39 is 6.04 Å². The zero-order valence-electron chi connectivity index (χ0n) is 14.8. The lowest BCUT2D eigenvalue weighted by molar-refractivity contribution is -0.117. The topological polar surface area (TPSA) is 73.6 Å². The molecule has 0 radical (unpaired) electrons. The van der Waals surface area contributed by atoms with Crippen molar-refractivity contribution in [1.82, 2.24) is 0 Å². The van der Waals surface area contributed by atoms with Gasteiger partial charge in [-0.05, 0) is 49.6 Å². The Morgan fingerprint density at radius 2 is 1.92 bits per heavy atom. The van der Waals surface area contributed by atoms with Gasteiger partial charge in [-0.3, -0.25) is 4.79 Å². The summed E-state index contributed by atoms with van der Waals surface area (Å²) in [4.78, 5) is 12.3. The van der Waals surface area contributed by atoms with Crippen LogP contribution in [0.4, 0.5) is 5.69 Å². The molecule has 2 aromatic rings. The minimum absolute atomic E-state index is 0. The van der Waals surface area contributed by atoms with E-state index >= 15 is 0 Å². The van der Waals surface area contributed by atoms with Crippen LogP contribution in [0.15, 0.2) is 48.5 Å². The number of carbonyl (C=O) groups is 1. The van der Waals surface area contributed by atoms with Crippen molar-refractivity contribution in [3.63, 3.8) is 0 Å². The van der Waals surface area contributed by atoms with Crippen LogP contribution in [0.2, 0.25) is 0 Å². The second kappa shape index (κ2) is 9.57. The van der Waals surface area contributed by atoms with Crippen LogP contribution in [0, 0.1) is 6.92 Å². The van der Waals surface area contributed by atoms with Gasteiger partial charge in [0.2, 0.25) is 5.91 Å². The van der Waals surface area contributed by atoms with Gasteiger partial charge in [-0.25, -0.2) is 0 Å². The lowest BCUT2D eigenvalue weighted by Gasteiger charge is -2.14. The van der Waals surface area contributed by atoms with Crippen molar-refractivity contribution >= 4 is 24.0 Å². The number of hydrogen-bond acceptors (Lipinski definition) is 4. The van der Waals surface area contributed by atoms with E-state index in [1.165, 1.54) is 0 Å². The first-order chi connectivity index (χ1) is 12.1. The Kier molecular flexibility index (Phi) is 7.45. The molecule has 5 nitrogen and oxygen atoms in total. The van der Waals surface area contributed by atoms with Gasteiger partial charge in [-0.15, -0.1) is 12.4 Å². The van der Waals surface area contributed by atoms with Gasteiger partial charge in [0.25, 0.3) is 0 Å². The molecule has 2 atom stereocenters. The molecule has 1 fully saturated rings. The largest absolute Gasteiger partial charge is 0.491 e. The third-order valence-electron chi connectivity index (χ3n) is 4.30. The van der Waals surface area contributed by atoms with E-state index in [4.69, 9.17) is 15.2 Å². The number of ether oxygens (including phenoxy) is 2. The molecule has 2 aromatic carbocycles. The van der Waals surface area contributed by atoms with Crippen LogP contribution in [0.3, 0.4) is 0 Å². The van der Waals surface area contributed by atoms with E-state index in [1.807, 2.05) is 55.5 Å². The van der Waals surface area contributed by atoms with Crippen molar-refractivity contribution in [3.05, 3.63) is 59.7 Å². The third-order valence-corrected chi connectivity index (χ3v) is 4.30. The first-order valence-corrected chi connectivity index (χ1v) is 8.59. The number of carbonyl (C=O) groups excluding carboxylic acids is 1. The van der Waals surface area contributed by atoms with Gasteiger partial charge in [0.15, 0.2) is 0 Å². The van der Waals surface area contributed by atoms with Crippen LogP contribution >= 0.6 is 12.4 Å². The van der Waals surface area contributed by atoms with Crippen molar-refractivity contribution in [3.8, 4) is 5.75 Å². The minimum atomic E-state index is -0.698. The quantitative estimate of drug-likeness (QED) is 0.807. The molecule has 3 rings (SSSR count). The van der Waals surface area contributed by atoms with Crippen LogP contribution in [0.1, 0.15) is 30.0 Å². The summed E-state index contributed by atoms with van der Waals surface area (Å²) in [6, 6.07) is 14.2. The van der Waals surface area contributed by atoms with Crippen LogP contribution in [0.5, 0.6) is 5.75 Å². The average Bonchev–Trinajstić information content (AvgIpc) is 3.15. The van der Waals surface area contributed by atoms with Gasteiger partial charge in [-0.2, -0.15) is 0 Å². The van der Waals surface area contributed by atoms with Crippen molar-refractivity contribution in [2.24, 2.45) is 5.73 Å². The molecule has 1 saturated heterocycles. The molecular formula is C20H25ClN2O3. The molecule has 2 unspecified atom stereocenters. The van der Waals surface area contributed by atoms with Crippen molar-refractivity contribution < 1.29 is 14.3 Å². The maximum atomic E-state index is 12.3. The highest BCUT2D eigenvalue weighted by atomic mass is 35.5. The van der Waals surface area contributed by atoms with Crippen molar-refractivity contribution in [2.45, 2.75) is 31.9 Å². The van der Waals surface area contributed by atoms with Gasteiger partial charge in [0, 0.05) is 12.3 Å². The normalized spacial score (nSPS) is 17.2. The number of aryl methyl sites for hydroxylation is 1. The zero-order valence-corrected chi connectivity index (χ0v) is 15.6. The Labute approximate surface area is 160 Å². The summed E-state index contributed by atoms with van der Waals surface area (Å²) in [7, 11) is 0. The summed E-state index contributed by atoms with van der Waals surface area (Å²) < 4.78 is 11.2. The predicted molar refractivity (Wildman–Crippen MR) is 105 cm³/mol. The standard InChI is InChI=1S/C20H24N2O3.ClH/c1-14-4-6-15(7-5-14)19(21)20(23)22-16-8-10-17(11-9-16)25-13-18-3-2-12-24-18;/h4-11,18-19H,2-3,12-13,21H2,1H3,(H,22,23);1H.